The quantitative estimate of drug-likeness (QED) is 0.649. The Morgan fingerprint density at radius 2 is 2.31 bits per heavy atom. The average molecular weight is 177 g/mol. The molecule has 1 aliphatic rings. The Kier molecular flexibility index (Phi) is 3.81. The van der Waals surface area contributed by atoms with Crippen molar-refractivity contribution in [1.29, 1.82) is 0 Å². The van der Waals surface area contributed by atoms with Crippen molar-refractivity contribution in [3.05, 3.63) is 36.1 Å². The first kappa shape index (κ1) is 10.1. The van der Waals surface area contributed by atoms with Gasteiger partial charge in [-0.05, 0) is 31.3 Å². The Bertz CT molecular complexity index is 236. The highest BCUT2D eigenvalue weighted by molar-refractivity contribution is 5.34. The Morgan fingerprint density at radius 3 is 2.92 bits per heavy atom. The van der Waals surface area contributed by atoms with E-state index in [1.807, 2.05) is 6.08 Å². The minimum Gasteiger partial charge on any atom is -0.385 e. The Balaban J connectivity index is 2.92. The van der Waals surface area contributed by atoms with E-state index >= 15 is 0 Å². The normalized spacial score (nSPS) is 29.8. The molecule has 0 amide bonds. The second kappa shape index (κ2) is 4.90. The molecule has 1 unspecified atom stereocenters. The van der Waals surface area contributed by atoms with Crippen LogP contribution in [0.2, 0.25) is 0 Å². The second-order valence-electron chi connectivity index (χ2n) is 3.53. The summed E-state index contributed by atoms with van der Waals surface area (Å²) in [6.07, 6.45) is 8.68. The second-order valence-corrected chi connectivity index (χ2v) is 3.53. The molecule has 0 saturated carbocycles. The van der Waals surface area contributed by atoms with Crippen molar-refractivity contribution >= 4 is 0 Å². The summed E-state index contributed by atoms with van der Waals surface area (Å²) in [5, 5.41) is 3.44. The maximum absolute atomic E-state index is 3.76. The highest BCUT2D eigenvalue weighted by atomic mass is 14.9. The van der Waals surface area contributed by atoms with E-state index in [1.54, 1.807) is 0 Å². The van der Waals surface area contributed by atoms with Crippen LogP contribution in [0.3, 0.4) is 0 Å². The highest BCUT2D eigenvalue weighted by Gasteiger charge is 2.15. The van der Waals surface area contributed by atoms with E-state index in [0.717, 1.165) is 6.54 Å². The van der Waals surface area contributed by atoms with E-state index in [1.165, 1.54) is 24.1 Å². The summed E-state index contributed by atoms with van der Waals surface area (Å²) in [4.78, 5) is 0. The molecule has 1 saturated heterocycles. The average Bonchev–Trinajstić information content (AvgIpc) is 2.30. The molecular formula is C12H19N. The van der Waals surface area contributed by atoms with Gasteiger partial charge < -0.3 is 5.32 Å². The van der Waals surface area contributed by atoms with Crippen LogP contribution in [0.5, 0.6) is 0 Å². The molecule has 0 spiro atoms. The van der Waals surface area contributed by atoms with Gasteiger partial charge >= 0.3 is 0 Å². The maximum Gasteiger partial charge on any atom is 0.0332 e. The van der Waals surface area contributed by atoms with Crippen LogP contribution in [-0.2, 0) is 0 Å². The first-order valence-electron chi connectivity index (χ1n) is 5.02. The lowest BCUT2D eigenvalue weighted by Crippen LogP contribution is -2.14. The lowest BCUT2D eigenvalue weighted by atomic mass is 9.94. The fraction of sp³-hybridized carbons (Fsp3) is 0.500. The van der Waals surface area contributed by atoms with Gasteiger partial charge in [-0.15, -0.1) is 0 Å². The molecule has 1 rings (SSSR count). The summed E-state index contributed by atoms with van der Waals surface area (Å²) in [6, 6.07) is 0. The summed E-state index contributed by atoms with van der Waals surface area (Å²) in [7, 11) is 0. The molecule has 1 nitrogen and oxygen atoms in total. The molecule has 13 heavy (non-hydrogen) atoms. The highest BCUT2D eigenvalue weighted by Crippen LogP contribution is 2.24. The third-order valence-electron chi connectivity index (χ3n) is 2.56. The van der Waals surface area contributed by atoms with Crippen LogP contribution < -0.4 is 5.32 Å². The minimum atomic E-state index is 0.652. The van der Waals surface area contributed by atoms with E-state index in [9.17, 15) is 0 Å². The molecule has 1 heteroatoms. The van der Waals surface area contributed by atoms with Gasteiger partial charge in [0, 0.05) is 12.2 Å². The fourth-order valence-electron chi connectivity index (χ4n) is 1.80. The lowest BCUT2D eigenvalue weighted by Gasteiger charge is -2.14. The van der Waals surface area contributed by atoms with Crippen molar-refractivity contribution < 1.29 is 0 Å². The van der Waals surface area contributed by atoms with E-state index in [2.05, 4.69) is 37.9 Å². The zero-order valence-electron chi connectivity index (χ0n) is 8.64. The van der Waals surface area contributed by atoms with Gasteiger partial charge in [0.1, 0.15) is 0 Å². The van der Waals surface area contributed by atoms with Crippen molar-refractivity contribution in [3.63, 3.8) is 0 Å². The van der Waals surface area contributed by atoms with E-state index in [4.69, 9.17) is 0 Å². The van der Waals surface area contributed by atoms with Gasteiger partial charge in [-0.25, -0.2) is 0 Å². The Labute approximate surface area is 81.2 Å². The standard InChI is InChI=1S/C12H19N/c1-4-7-11-10(3)8-6-9-13-12(11)5-2/h4-5,7,10,13H,1,6,8-9H2,2-3H3/b11-7-,12-5+. The van der Waals surface area contributed by atoms with Crippen molar-refractivity contribution in [1.82, 2.24) is 5.32 Å². The third kappa shape index (κ3) is 2.48. The predicted molar refractivity (Wildman–Crippen MR) is 58.4 cm³/mol. The van der Waals surface area contributed by atoms with Crippen molar-refractivity contribution in [2.24, 2.45) is 5.92 Å². The van der Waals surface area contributed by atoms with Crippen LogP contribution >= 0.6 is 0 Å². The molecule has 72 valence electrons. The molecule has 0 aromatic carbocycles. The summed E-state index contributed by atoms with van der Waals surface area (Å²) < 4.78 is 0. The molecule has 1 heterocycles. The van der Waals surface area contributed by atoms with Crippen LogP contribution in [0.25, 0.3) is 0 Å². The largest absolute Gasteiger partial charge is 0.385 e. The number of hydrogen-bond donors (Lipinski definition) is 1. The van der Waals surface area contributed by atoms with Gasteiger partial charge in [0.2, 0.25) is 0 Å². The maximum atomic E-state index is 3.76. The number of hydrogen-bond acceptors (Lipinski definition) is 1. The number of allylic oxidation sites excluding steroid dienone is 4. The van der Waals surface area contributed by atoms with Crippen molar-refractivity contribution in [2.45, 2.75) is 26.7 Å². The molecule has 0 radical (unpaired) electrons. The van der Waals surface area contributed by atoms with Crippen LogP contribution in [0, 0.1) is 5.92 Å². The van der Waals surface area contributed by atoms with Gasteiger partial charge in [0.25, 0.3) is 0 Å². The summed E-state index contributed by atoms with van der Waals surface area (Å²) in [6.45, 7) is 9.22. The molecule has 0 aromatic heterocycles. The monoisotopic (exact) mass is 177 g/mol. The zero-order chi connectivity index (χ0) is 9.68. The van der Waals surface area contributed by atoms with Crippen molar-refractivity contribution in [2.75, 3.05) is 6.54 Å². The topological polar surface area (TPSA) is 12.0 Å². The van der Waals surface area contributed by atoms with E-state index < -0.39 is 0 Å². The molecule has 0 bridgehead atoms. The van der Waals surface area contributed by atoms with Gasteiger partial charge in [-0.1, -0.05) is 31.7 Å². The van der Waals surface area contributed by atoms with Gasteiger partial charge in [0.15, 0.2) is 0 Å². The Hall–Kier alpha value is -0.980. The summed E-state index contributed by atoms with van der Waals surface area (Å²) >= 11 is 0. The molecule has 0 aromatic rings. The summed E-state index contributed by atoms with van der Waals surface area (Å²) in [5.74, 6) is 0.652. The molecule has 1 aliphatic heterocycles. The molecule has 1 atom stereocenters. The first-order valence-corrected chi connectivity index (χ1v) is 5.02. The molecule has 1 fully saturated rings. The minimum absolute atomic E-state index is 0.652. The molecule has 1 N–H and O–H groups in total. The van der Waals surface area contributed by atoms with E-state index in [0.29, 0.717) is 5.92 Å². The molecular weight excluding hydrogens is 158 g/mol. The SMILES string of the molecule is C=C/C=C1\C(=C/C)NCCCC1C. The van der Waals surface area contributed by atoms with Crippen LogP contribution in [0.1, 0.15) is 26.7 Å². The third-order valence-corrected chi connectivity index (χ3v) is 2.56. The fourth-order valence-corrected chi connectivity index (χ4v) is 1.80. The predicted octanol–water partition coefficient (Wildman–Crippen LogP) is 3.02. The zero-order valence-corrected chi connectivity index (χ0v) is 8.64. The van der Waals surface area contributed by atoms with Crippen LogP contribution in [0.15, 0.2) is 36.1 Å². The van der Waals surface area contributed by atoms with Gasteiger partial charge in [0.05, 0.1) is 0 Å². The lowest BCUT2D eigenvalue weighted by molar-refractivity contribution is 0.610. The van der Waals surface area contributed by atoms with Crippen LogP contribution in [-0.4, -0.2) is 6.54 Å². The molecule has 0 aliphatic carbocycles. The smallest absolute Gasteiger partial charge is 0.0332 e. The van der Waals surface area contributed by atoms with E-state index in [-0.39, 0.29) is 0 Å². The van der Waals surface area contributed by atoms with Gasteiger partial charge in [-0.2, -0.15) is 0 Å². The van der Waals surface area contributed by atoms with Crippen LogP contribution in [0.4, 0.5) is 0 Å². The van der Waals surface area contributed by atoms with Crippen molar-refractivity contribution in [3.8, 4) is 0 Å². The summed E-state index contributed by atoms with van der Waals surface area (Å²) in [5.41, 5.74) is 2.68. The first-order chi connectivity index (χ1) is 6.29. The number of rotatable bonds is 1. The Morgan fingerprint density at radius 1 is 1.54 bits per heavy atom. The van der Waals surface area contributed by atoms with Gasteiger partial charge in [-0.3, -0.25) is 0 Å². The number of nitrogens with one attached hydrogen (secondary N) is 1.